The molecule has 2 heterocycles. The molecule has 3 N–H and O–H groups in total. The molecule has 1 saturated heterocycles. The van der Waals surface area contributed by atoms with Crippen molar-refractivity contribution in [2.75, 3.05) is 31.6 Å². The van der Waals surface area contributed by atoms with E-state index in [2.05, 4.69) is 15.2 Å². The summed E-state index contributed by atoms with van der Waals surface area (Å²) in [7, 11) is 1.60. The first-order valence-corrected chi connectivity index (χ1v) is 6.76. The van der Waals surface area contributed by atoms with Crippen LogP contribution in [0.2, 0.25) is 0 Å². The first-order chi connectivity index (χ1) is 9.45. The Morgan fingerprint density at radius 1 is 1.65 bits per heavy atom. The highest BCUT2D eigenvalue weighted by atomic mass is 16.5. The van der Waals surface area contributed by atoms with E-state index in [1.54, 1.807) is 19.3 Å². The largest absolute Gasteiger partial charge is 0.367 e. The summed E-state index contributed by atoms with van der Waals surface area (Å²) in [6, 6.07) is 3.70. The Labute approximate surface area is 119 Å². The van der Waals surface area contributed by atoms with Gasteiger partial charge in [-0.05, 0) is 26.0 Å². The molecule has 0 aromatic carbocycles. The number of ether oxygens (including phenoxy) is 1. The predicted octanol–water partition coefficient (Wildman–Crippen LogP) is 0.384. The van der Waals surface area contributed by atoms with Crippen LogP contribution in [-0.2, 0) is 4.74 Å². The lowest BCUT2D eigenvalue weighted by atomic mass is 10.0. The monoisotopic (exact) mass is 278 g/mol. The van der Waals surface area contributed by atoms with E-state index in [1.807, 2.05) is 19.9 Å². The van der Waals surface area contributed by atoms with Crippen LogP contribution in [0.3, 0.4) is 0 Å². The van der Waals surface area contributed by atoms with Crippen LogP contribution >= 0.6 is 0 Å². The van der Waals surface area contributed by atoms with E-state index in [-0.39, 0.29) is 17.6 Å². The third-order valence-electron chi connectivity index (χ3n) is 3.31. The van der Waals surface area contributed by atoms with Crippen molar-refractivity contribution >= 4 is 11.6 Å². The Morgan fingerprint density at radius 2 is 2.40 bits per heavy atom. The molecule has 20 heavy (non-hydrogen) atoms. The van der Waals surface area contributed by atoms with Gasteiger partial charge in [0, 0.05) is 38.6 Å². The van der Waals surface area contributed by atoms with Crippen molar-refractivity contribution in [3.8, 4) is 0 Å². The second kappa shape index (κ2) is 5.76. The first kappa shape index (κ1) is 14.7. The fourth-order valence-electron chi connectivity index (χ4n) is 2.48. The number of hydrogen-bond acceptors (Lipinski definition) is 5. The molecule has 1 amide bonds. The number of pyridine rings is 1. The molecule has 1 aromatic heterocycles. The van der Waals surface area contributed by atoms with Crippen LogP contribution in [0, 0.1) is 0 Å². The average molecular weight is 278 g/mol. The van der Waals surface area contributed by atoms with Crippen LogP contribution in [0.15, 0.2) is 18.3 Å². The first-order valence-electron chi connectivity index (χ1n) is 6.76. The highest BCUT2D eigenvalue weighted by molar-refractivity contribution is 5.92. The molecule has 1 unspecified atom stereocenters. The van der Waals surface area contributed by atoms with Crippen molar-refractivity contribution in [2.45, 2.75) is 25.6 Å². The zero-order valence-corrected chi connectivity index (χ0v) is 12.2. The lowest BCUT2D eigenvalue weighted by Crippen LogP contribution is -2.55. The van der Waals surface area contributed by atoms with E-state index < -0.39 is 0 Å². The number of nitrogens with zero attached hydrogens (tertiary/aromatic N) is 2. The van der Waals surface area contributed by atoms with E-state index >= 15 is 0 Å². The molecule has 0 radical (unpaired) electrons. The summed E-state index contributed by atoms with van der Waals surface area (Å²) in [6.07, 6.45) is 1.65. The number of nitrogens with one attached hydrogen (secondary N) is 1. The Kier molecular flexibility index (Phi) is 4.25. The second-order valence-electron chi connectivity index (χ2n) is 5.59. The van der Waals surface area contributed by atoms with Gasteiger partial charge in [-0.1, -0.05) is 0 Å². The molecule has 110 valence electrons. The van der Waals surface area contributed by atoms with Crippen LogP contribution in [0.25, 0.3) is 0 Å². The van der Waals surface area contributed by atoms with E-state index in [9.17, 15) is 4.79 Å². The zero-order valence-electron chi connectivity index (χ0n) is 12.2. The van der Waals surface area contributed by atoms with Gasteiger partial charge in [0.2, 0.25) is 0 Å². The molecular formula is C14H22N4O2. The quantitative estimate of drug-likeness (QED) is 0.835. The maximum absolute atomic E-state index is 11.7. The Morgan fingerprint density at radius 3 is 3.05 bits per heavy atom. The number of aromatic nitrogens is 1. The molecule has 1 atom stereocenters. The fourth-order valence-corrected chi connectivity index (χ4v) is 2.48. The summed E-state index contributed by atoms with van der Waals surface area (Å²) < 4.78 is 5.91. The lowest BCUT2D eigenvalue weighted by molar-refractivity contribution is -0.0788. The number of morpholine rings is 1. The predicted molar refractivity (Wildman–Crippen MR) is 77.8 cm³/mol. The fraction of sp³-hybridized carbons (Fsp3) is 0.571. The number of carbonyl (C=O) groups is 1. The Balaban J connectivity index is 2.24. The number of nitrogens with two attached hydrogens (primary N) is 1. The molecule has 6 heteroatoms. The number of rotatable bonds is 3. The zero-order chi connectivity index (χ0) is 14.8. The van der Waals surface area contributed by atoms with Gasteiger partial charge in [0.1, 0.15) is 5.69 Å². The van der Waals surface area contributed by atoms with Gasteiger partial charge in [-0.15, -0.1) is 0 Å². The molecule has 1 fully saturated rings. The van der Waals surface area contributed by atoms with Gasteiger partial charge in [0.05, 0.1) is 11.7 Å². The van der Waals surface area contributed by atoms with Gasteiger partial charge in [0.15, 0.2) is 0 Å². The summed E-state index contributed by atoms with van der Waals surface area (Å²) in [5.41, 5.74) is 6.85. The molecule has 1 aliphatic heterocycles. The molecule has 0 saturated carbocycles. The molecule has 0 bridgehead atoms. The molecule has 1 aliphatic rings. The normalized spacial score (nSPS) is 21.6. The van der Waals surface area contributed by atoms with Gasteiger partial charge in [-0.3, -0.25) is 9.78 Å². The average Bonchev–Trinajstić information content (AvgIpc) is 2.44. The maximum Gasteiger partial charge on any atom is 0.269 e. The topological polar surface area (TPSA) is 80.5 Å². The van der Waals surface area contributed by atoms with Crippen molar-refractivity contribution in [3.63, 3.8) is 0 Å². The van der Waals surface area contributed by atoms with Crippen LogP contribution in [-0.4, -0.2) is 49.3 Å². The van der Waals surface area contributed by atoms with Crippen LogP contribution < -0.4 is 16.0 Å². The summed E-state index contributed by atoms with van der Waals surface area (Å²) in [5.74, 6) is -0.185. The third kappa shape index (κ3) is 3.26. The van der Waals surface area contributed by atoms with Gasteiger partial charge < -0.3 is 20.7 Å². The molecule has 6 nitrogen and oxygen atoms in total. The van der Waals surface area contributed by atoms with E-state index in [0.29, 0.717) is 12.2 Å². The minimum atomic E-state index is -0.265. The highest BCUT2D eigenvalue weighted by Crippen LogP contribution is 2.25. The molecule has 0 spiro atoms. The van der Waals surface area contributed by atoms with Gasteiger partial charge >= 0.3 is 0 Å². The molecule has 1 aromatic rings. The van der Waals surface area contributed by atoms with Crippen molar-refractivity contribution in [1.82, 2.24) is 10.3 Å². The Bertz CT molecular complexity index is 490. The SMILES string of the molecule is CNC(=O)c1cc(N2CC(CN)OC(C)(C)C2)ccn1. The molecule has 2 rings (SSSR count). The van der Waals surface area contributed by atoms with Crippen LogP contribution in [0.1, 0.15) is 24.3 Å². The van der Waals surface area contributed by atoms with E-state index in [4.69, 9.17) is 10.5 Å². The van der Waals surface area contributed by atoms with Gasteiger partial charge in [0.25, 0.3) is 5.91 Å². The number of amides is 1. The highest BCUT2D eigenvalue weighted by Gasteiger charge is 2.33. The summed E-state index contributed by atoms with van der Waals surface area (Å²) in [6.45, 7) is 6.04. The standard InChI is InChI=1S/C14H22N4O2/c1-14(2)9-18(8-11(7-15)20-14)10-4-5-17-12(6-10)13(19)16-3/h4-6,11H,7-9,15H2,1-3H3,(H,16,19). The number of hydrogen-bond donors (Lipinski definition) is 2. The summed E-state index contributed by atoms with van der Waals surface area (Å²) in [4.78, 5) is 17.9. The third-order valence-corrected chi connectivity index (χ3v) is 3.31. The maximum atomic E-state index is 11.7. The minimum Gasteiger partial charge on any atom is -0.367 e. The van der Waals surface area contributed by atoms with Crippen molar-refractivity contribution in [3.05, 3.63) is 24.0 Å². The number of anilines is 1. The van der Waals surface area contributed by atoms with Crippen molar-refractivity contribution in [1.29, 1.82) is 0 Å². The van der Waals surface area contributed by atoms with Gasteiger partial charge in [-0.25, -0.2) is 0 Å². The van der Waals surface area contributed by atoms with Crippen LogP contribution in [0.5, 0.6) is 0 Å². The lowest BCUT2D eigenvalue weighted by Gasteiger charge is -2.43. The van der Waals surface area contributed by atoms with Crippen molar-refractivity contribution < 1.29 is 9.53 Å². The Hall–Kier alpha value is -1.66. The van der Waals surface area contributed by atoms with Gasteiger partial charge in [-0.2, -0.15) is 0 Å². The molecular weight excluding hydrogens is 256 g/mol. The van der Waals surface area contributed by atoms with Crippen LogP contribution in [0.4, 0.5) is 5.69 Å². The van der Waals surface area contributed by atoms with Crippen molar-refractivity contribution in [2.24, 2.45) is 5.73 Å². The number of carbonyl (C=O) groups excluding carboxylic acids is 1. The summed E-state index contributed by atoms with van der Waals surface area (Å²) in [5, 5.41) is 2.58. The van der Waals surface area contributed by atoms with E-state index in [0.717, 1.165) is 18.8 Å². The van der Waals surface area contributed by atoms with E-state index in [1.165, 1.54) is 0 Å². The minimum absolute atomic E-state index is 0.00429. The summed E-state index contributed by atoms with van der Waals surface area (Å²) >= 11 is 0. The molecule has 0 aliphatic carbocycles. The second-order valence-corrected chi connectivity index (χ2v) is 5.59. The smallest absolute Gasteiger partial charge is 0.269 e.